The highest BCUT2D eigenvalue weighted by Gasteiger charge is 2.36. The predicted octanol–water partition coefficient (Wildman–Crippen LogP) is 16.7. The van der Waals surface area contributed by atoms with Crippen molar-refractivity contribution in [2.45, 2.75) is 31.3 Å². The molecule has 2 aliphatic carbocycles. The average Bonchev–Trinajstić information content (AvgIpc) is 4.14. The zero-order valence-corrected chi connectivity index (χ0v) is 41.1. The Morgan fingerprint density at radius 2 is 0.960 bits per heavy atom. The molecule has 0 fully saturated rings. The van der Waals surface area contributed by atoms with Crippen LogP contribution in [0.1, 0.15) is 36.5 Å². The quantitative estimate of drug-likeness (QED) is 0.157. The van der Waals surface area contributed by atoms with E-state index < -0.39 is 0 Å². The molecule has 0 saturated carbocycles. The number of furan rings is 1. The van der Waals surface area contributed by atoms with E-state index in [0.29, 0.717) is 23.3 Å². The molecule has 1 aliphatic heterocycles. The molecule has 2 unspecified atom stereocenters. The Morgan fingerprint density at radius 1 is 0.387 bits per heavy atom. The van der Waals surface area contributed by atoms with Gasteiger partial charge in [0.25, 0.3) is 0 Å². The predicted molar refractivity (Wildman–Crippen MR) is 301 cm³/mol. The summed E-state index contributed by atoms with van der Waals surface area (Å²) in [5.74, 6) is 3.35. The monoisotopic (exact) mass is 963 g/mol. The van der Waals surface area contributed by atoms with Gasteiger partial charge in [0.05, 0.1) is 11.4 Å². The number of hydrogen-bond donors (Lipinski definition) is 0. The lowest BCUT2D eigenvalue weighted by Crippen LogP contribution is -2.15. The molecule has 9 aromatic carbocycles. The maximum absolute atomic E-state index is 6.46. The molecule has 2 atom stereocenters. The summed E-state index contributed by atoms with van der Waals surface area (Å²) in [4.78, 5) is 26.1. The summed E-state index contributed by atoms with van der Waals surface area (Å²) in [6.45, 7) is 4.67. The van der Waals surface area contributed by atoms with Gasteiger partial charge in [0.1, 0.15) is 23.0 Å². The van der Waals surface area contributed by atoms with Gasteiger partial charge in [0.15, 0.2) is 23.3 Å². The molecule has 0 saturated heterocycles. The maximum atomic E-state index is 6.46. The fraction of sp³-hybridized carbons (Fsp3) is 0.0735. The van der Waals surface area contributed by atoms with Gasteiger partial charge in [0.2, 0.25) is 0 Å². The second-order valence-electron chi connectivity index (χ2n) is 20.4. The van der Waals surface area contributed by atoms with Gasteiger partial charge < -0.3 is 9.15 Å². The number of rotatable bonds is 7. The number of fused-ring (bicyclic) bond motifs is 10. The van der Waals surface area contributed by atoms with Crippen LogP contribution < -0.4 is 4.74 Å². The van der Waals surface area contributed by atoms with E-state index in [9.17, 15) is 0 Å². The maximum Gasteiger partial charge on any atom is 0.164 e. The van der Waals surface area contributed by atoms with Gasteiger partial charge in [-0.1, -0.05) is 172 Å². The van der Waals surface area contributed by atoms with Crippen molar-refractivity contribution in [2.24, 2.45) is 0 Å². The van der Waals surface area contributed by atoms with E-state index in [1.165, 1.54) is 33.0 Å². The minimum Gasteiger partial charge on any atom is -0.485 e. The Balaban J connectivity index is 0.817. The van der Waals surface area contributed by atoms with Crippen molar-refractivity contribution >= 4 is 32.7 Å². The van der Waals surface area contributed by atoms with Crippen molar-refractivity contribution in [3.8, 4) is 96.1 Å². The Labute approximate surface area is 433 Å². The highest BCUT2D eigenvalue weighted by Crippen LogP contribution is 2.51. The molecule has 0 radical (unpaired) electrons. The van der Waals surface area contributed by atoms with E-state index in [-0.39, 0.29) is 17.4 Å². The van der Waals surface area contributed by atoms with Crippen LogP contribution >= 0.6 is 0 Å². The number of allylic oxidation sites excluding steroid dienone is 2. The van der Waals surface area contributed by atoms with Gasteiger partial charge in [-0.25, -0.2) is 24.9 Å². The van der Waals surface area contributed by atoms with Crippen molar-refractivity contribution in [3.05, 3.63) is 241 Å². The lowest BCUT2D eigenvalue weighted by atomic mass is 9.81. The van der Waals surface area contributed by atoms with E-state index in [1.54, 1.807) is 0 Å². The van der Waals surface area contributed by atoms with Crippen molar-refractivity contribution < 1.29 is 9.15 Å². The second-order valence-corrected chi connectivity index (χ2v) is 20.4. The highest BCUT2D eigenvalue weighted by atomic mass is 16.5. The third-order valence-electron chi connectivity index (χ3n) is 15.5. The number of nitrogens with zero attached hydrogens (tertiary/aromatic N) is 5. The van der Waals surface area contributed by atoms with Gasteiger partial charge in [-0.3, -0.25) is 0 Å². The zero-order valence-electron chi connectivity index (χ0n) is 41.1. The summed E-state index contributed by atoms with van der Waals surface area (Å²) in [6, 6.07) is 70.2. The van der Waals surface area contributed by atoms with Crippen LogP contribution in [0.3, 0.4) is 0 Å². The van der Waals surface area contributed by atoms with Crippen LogP contribution in [0.15, 0.2) is 229 Å². The molecule has 15 rings (SSSR count). The Bertz CT molecular complexity index is 4400. The number of hydrogen-bond acceptors (Lipinski definition) is 7. The summed E-state index contributed by atoms with van der Waals surface area (Å²) in [5, 5.41) is 4.63. The van der Waals surface area contributed by atoms with Crippen molar-refractivity contribution in [1.82, 2.24) is 24.9 Å². The minimum absolute atomic E-state index is 0.0262. The normalized spacial score (nSPS) is 15.7. The molecule has 0 bridgehead atoms. The van der Waals surface area contributed by atoms with Crippen LogP contribution in [0.5, 0.6) is 5.75 Å². The van der Waals surface area contributed by atoms with E-state index in [2.05, 4.69) is 190 Å². The van der Waals surface area contributed by atoms with Crippen molar-refractivity contribution in [1.29, 1.82) is 0 Å². The van der Waals surface area contributed by atoms with E-state index >= 15 is 0 Å². The van der Waals surface area contributed by atoms with Gasteiger partial charge in [-0.15, -0.1) is 0 Å². The smallest absolute Gasteiger partial charge is 0.164 e. The van der Waals surface area contributed by atoms with Crippen molar-refractivity contribution in [3.63, 3.8) is 0 Å². The lowest BCUT2D eigenvalue weighted by molar-refractivity contribution is 0.269. The number of para-hydroxylation sites is 1. The molecule has 3 aromatic heterocycles. The third kappa shape index (κ3) is 7.22. The number of benzene rings is 9. The van der Waals surface area contributed by atoms with Gasteiger partial charge in [-0.2, -0.15) is 0 Å². The highest BCUT2D eigenvalue weighted by molar-refractivity contribution is 6.05. The summed E-state index contributed by atoms with van der Waals surface area (Å²) >= 11 is 0. The van der Waals surface area contributed by atoms with Crippen LogP contribution in [-0.2, 0) is 5.41 Å². The molecule has 0 spiro atoms. The molecule has 0 amide bonds. The number of aromatic nitrogens is 5. The summed E-state index contributed by atoms with van der Waals surface area (Å²) in [6.07, 6.45) is 8.43. The SMILES string of the molecule is CC1(C)c2cc(-c3cc(-c4cccc(-c5cccc(-c6nc(-c7ccc8c(c7)OC7C=CC=CC87)nc(-c7ccc8c(c7)oc7ccccc78)n6)c5)c4)nc(-c4ccccc4)n3)ccc2-c2cc3ccccc3cc21. The molecular weight excluding hydrogens is 919 g/mol. The van der Waals surface area contributed by atoms with E-state index in [0.717, 1.165) is 89.1 Å². The summed E-state index contributed by atoms with van der Waals surface area (Å²) in [5.41, 5.74) is 17.1. The first-order chi connectivity index (χ1) is 36.8. The molecule has 354 valence electrons. The minimum atomic E-state index is -0.189. The largest absolute Gasteiger partial charge is 0.485 e. The van der Waals surface area contributed by atoms with Crippen molar-refractivity contribution in [2.75, 3.05) is 0 Å². The Hall–Kier alpha value is -9.59. The topological polar surface area (TPSA) is 86.8 Å². The summed E-state index contributed by atoms with van der Waals surface area (Å²) in [7, 11) is 0. The van der Waals surface area contributed by atoms with Crippen LogP contribution in [0.4, 0.5) is 0 Å². The van der Waals surface area contributed by atoms with E-state index in [1.807, 2.05) is 48.5 Å². The molecule has 75 heavy (non-hydrogen) atoms. The van der Waals surface area contributed by atoms with Gasteiger partial charge in [0, 0.05) is 61.0 Å². The van der Waals surface area contributed by atoms with Crippen LogP contribution in [0.2, 0.25) is 0 Å². The lowest BCUT2D eigenvalue weighted by Gasteiger charge is -2.22. The molecule has 0 N–H and O–H groups in total. The molecule has 3 aliphatic rings. The fourth-order valence-electron chi connectivity index (χ4n) is 11.5. The number of ether oxygens (including phenoxy) is 1. The molecule has 7 heteroatoms. The first-order valence-corrected chi connectivity index (χ1v) is 25.5. The van der Waals surface area contributed by atoms with E-state index in [4.69, 9.17) is 34.1 Å². The van der Waals surface area contributed by atoms with Crippen LogP contribution in [0, 0.1) is 0 Å². The first-order valence-electron chi connectivity index (χ1n) is 25.5. The average molecular weight is 964 g/mol. The zero-order chi connectivity index (χ0) is 49.8. The van der Waals surface area contributed by atoms with Crippen LogP contribution in [-0.4, -0.2) is 31.0 Å². The fourth-order valence-corrected chi connectivity index (χ4v) is 11.5. The molecule has 12 aromatic rings. The molecular formula is C68H45N5O2. The molecule has 4 heterocycles. The third-order valence-corrected chi connectivity index (χ3v) is 15.5. The first kappa shape index (κ1) is 43.0. The Morgan fingerprint density at radius 3 is 1.76 bits per heavy atom. The molecule has 7 nitrogen and oxygen atoms in total. The van der Waals surface area contributed by atoms with Gasteiger partial charge in [-0.05, 0) is 111 Å². The Kier molecular flexibility index (Phi) is 9.60. The standard InChI is InChI=1S/C68H45N5O2/c1-68(2)56-36-46(26-29-50(56)55-34-43-16-6-7-17-44(43)35-57(55)68)59-39-58(69-64(70-59)40-14-4-3-5-15-40)45-20-12-18-41(32-45)42-19-13-21-47(33-42)65-71-66(48-27-30-53-51-22-8-10-24-60(51)74-62(53)37-48)73-67(72-65)49-28-31-54-52-23-9-11-25-61(52)75-63(54)38-49/h3-39,51,60H,1-2H3. The second kappa shape index (κ2) is 16.7. The summed E-state index contributed by atoms with van der Waals surface area (Å²) < 4.78 is 12.8. The van der Waals surface area contributed by atoms with Crippen LogP contribution in [0.25, 0.3) is 123 Å². The van der Waals surface area contributed by atoms with Gasteiger partial charge >= 0.3 is 0 Å².